The summed E-state index contributed by atoms with van der Waals surface area (Å²) in [5.41, 5.74) is 1.67. The van der Waals surface area contributed by atoms with Gasteiger partial charge < -0.3 is 14.5 Å². The Hall–Kier alpha value is -2.90. The van der Waals surface area contributed by atoms with Crippen molar-refractivity contribution in [2.75, 3.05) is 20.2 Å². The molecule has 2 aromatic rings. The van der Waals surface area contributed by atoms with Crippen LogP contribution >= 0.6 is 0 Å². The lowest BCUT2D eigenvalue weighted by Gasteiger charge is -2.36. The van der Waals surface area contributed by atoms with Gasteiger partial charge in [-0.05, 0) is 18.9 Å². The Balaban J connectivity index is 1.39. The molecule has 0 spiro atoms. The van der Waals surface area contributed by atoms with Gasteiger partial charge in [0.15, 0.2) is 0 Å². The number of carbonyl (C=O) groups excluding carboxylic acids is 2. The number of nitrogens with zero attached hydrogens (tertiary/aromatic N) is 5. The average Bonchev–Trinajstić information content (AvgIpc) is 3.38. The molecule has 8 heteroatoms. The fourth-order valence-electron chi connectivity index (χ4n) is 4.10. The van der Waals surface area contributed by atoms with Gasteiger partial charge in [0.25, 0.3) is 0 Å². The highest BCUT2D eigenvalue weighted by Crippen LogP contribution is 2.25. The maximum atomic E-state index is 12.5. The molecule has 1 saturated heterocycles. The smallest absolute Gasteiger partial charge is 0.312 e. The van der Waals surface area contributed by atoms with E-state index in [0.29, 0.717) is 31.9 Å². The molecule has 2 heterocycles. The van der Waals surface area contributed by atoms with Crippen LogP contribution in [0, 0.1) is 0 Å². The van der Waals surface area contributed by atoms with Crippen LogP contribution in [-0.4, -0.2) is 62.8 Å². The summed E-state index contributed by atoms with van der Waals surface area (Å²) in [4.78, 5) is 28.4. The number of rotatable bonds is 6. The number of aromatic nitrogens is 3. The summed E-state index contributed by atoms with van der Waals surface area (Å²) in [6.45, 7) is 1.97. The predicted octanol–water partition coefficient (Wildman–Crippen LogP) is 1.45. The summed E-state index contributed by atoms with van der Waals surface area (Å²) in [7, 11) is 1.64. The lowest BCUT2D eigenvalue weighted by molar-refractivity contribution is -0.158. The molecule has 28 heavy (non-hydrogen) atoms. The minimum atomic E-state index is -0.433. The van der Waals surface area contributed by atoms with Crippen molar-refractivity contribution in [3.05, 3.63) is 41.7 Å². The third-order valence-electron chi connectivity index (χ3n) is 5.57. The van der Waals surface area contributed by atoms with E-state index in [-0.39, 0.29) is 11.9 Å². The molecule has 1 saturated carbocycles. The second kappa shape index (κ2) is 8.00. The average molecular weight is 383 g/mol. The third kappa shape index (κ3) is 3.72. The molecule has 1 aliphatic heterocycles. The van der Waals surface area contributed by atoms with Crippen LogP contribution < -0.4 is 4.74 Å². The fraction of sp³-hybridized carbons (Fsp3) is 0.500. The van der Waals surface area contributed by atoms with Crippen molar-refractivity contribution in [3.63, 3.8) is 0 Å². The molecule has 1 aromatic heterocycles. The first kappa shape index (κ1) is 18.5. The number of ether oxygens (including phenoxy) is 1. The van der Waals surface area contributed by atoms with Crippen LogP contribution in [-0.2, 0) is 22.7 Å². The largest absolute Gasteiger partial charge is 0.496 e. The van der Waals surface area contributed by atoms with Gasteiger partial charge in [0.05, 0.1) is 26.4 Å². The fourth-order valence-corrected chi connectivity index (χ4v) is 4.10. The molecular formula is C20H25N5O3. The number of hydrogen-bond donors (Lipinski definition) is 0. The summed E-state index contributed by atoms with van der Waals surface area (Å²) in [5.74, 6) is -0.0136. The van der Waals surface area contributed by atoms with Crippen molar-refractivity contribution in [2.45, 2.75) is 44.8 Å². The van der Waals surface area contributed by atoms with Crippen molar-refractivity contribution in [1.29, 1.82) is 0 Å². The summed E-state index contributed by atoms with van der Waals surface area (Å²) in [6, 6.07) is 7.99. The SMILES string of the molecule is COc1ccccc1Cn1cc(CN2CCN(C3CCCC3)C(=O)C2=O)nn1. The summed E-state index contributed by atoms with van der Waals surface area (Å²) in [5, 5.41) is 8.32. The number of para-hydroxylation sites is 1. The van der Waals surface area contributed by atoms with E-state index >= 15 is 0 Å². The first-order valence-electron chi connectivity index (χ1n) is 9.76. The first-order valence-corrected chi connectivity index (χ1v) is 9.76. The van der Waals surface area contributed by atoms with Gasteiger partial charge >= 0.3 is 11.8 Å². The zero-order valence-corrected chi connectivity index (χ0v) is 16.1. The molecular weight excluding hydrogens is 358 g/mol. The Labute approximate surface area is 164 Å². The van der Waals surface area contributed by atoms with Crippen LogP contribution in [0.3, 0.4) is 0 Å². The molecule has 0 bridgehead atoms. The molecule has 4 rings (SSSR count). The second-order valence-electron chi connectivity index (χ2n) is 7.38. The van der Waals surface area contributed by atoms with Gasteiger partial charge in [0.1, 0.15) is 11.4 Å². The topological polar surface area (TPSA) is 80.6 Å². The number of carbonyl (C=O) groups is 2. The summed E-state index contributed by atoms with van der Waals surface area (Å²) < 4.78 is 7.08. The minimum absolute atomic E-state index is 0.236. The maximum Gasteiger partial charge on any atom is 0.312 e. The maximum absolute atomic E-state index is 12.5. The van der Waals surface area contributed by atoms with E-state index < -0.39 is 5.91 Å². The summed E-state index contributed by atoms with van der Waals surface area (Å²) in [6.07, 6.45) is 6.11. The molecule has 8 nitrogen and oxygen atoms in total. The predicted molar refractivity (Wildman–Crippen MR) is 102 cm³/mol. The van der Waals surface area contributed by atoms with Crippen molar-refractivity contribution in [3.8, 4) is 5.75 Å². The van der Waals surface area contributed by atoms with Gasteiger partial charge in [0, 0.05) is 24.7 Å². The Morgan fingerprint density at radius 1 is 1.07 bits per heavy atom. The highest BCUT2D eigenvalue weighted by molar-refractivity contribution is 6.35. The number of hydrogen-bond acceptors (Lipinski definition) is 5. The van der Waals surface area contributed by atoms with Crippen LogP contribution in [0.25, 0.3) is 0 Å². The van der Waals surface area contributed by atoms with E-state index in [1.807, 2.05) is 30.5 Å². The van der Waals surface area contributed by atoms with Crippen LogP contribution in [0.1, 0.15) is 36.9 Å². The Kier molecular flexibility index (Phi) is 5.27. The van der Waals surface area contributed by atoms with Gasteiger partial charge in [-0.1, -0.05) is 36.3 Å². The highest BCUT2D eigenvalue weighted by Gasteiger charge is 2.37. The van der Waals surface area contributed by atoms with Crippen LogP contribution in [0.15, 0.2) is 30.5 Å². The molecule has 0 unspecified atom stereocenters. The van der Waals surface area contributed by atoms with Gasteiger partial charge in [-0.2, -0.15) is 0 Å². The van der Waals surface area contributed by atoms with Gasteiger partial charge in [-0.15, -0.1) is 5.10 Å². The van der Waals surface area contributed by atoms with E-state index in [4.69, 9.17) is 4.74 Å². The first-order chi connectivity index (χ1) is 13.7. The quantitative estimate of drug-likeness (QED) is 0.706. The third-order valence-corrected chi connectivity index (χ3v) is 5.57. The normalized spacial score (nSPS) is 18.2. The van der Waals surface area contributed by atoms with E-state index in [9.17, 15) is 9.59 Å². The zero-order chi connectivity index (χ0) is 19.5. The van der Waals surface area contributed by atoms with Gasteiger partial charge in [-0.25, -0.2) is 4.68 Å². The molecule has 1 aliphatic carbocycles. The molecule has 2 amide bonds. The van der Waals surface area contributed by atoms with E-state index in [1.165, 1.54) is 0 Å². The summed E-state index contributed by atoms with van der Waals surface area (Å²) >= 11 is 0. The lowest BCUT2D eigenvalue weighted by atomic mass is 10.1. The standard InChI is InChI=1S/C20H25N5O3/c1-28-18-9-5-2-6-15(18)12-24-14-16(21-22-24)13-23-10-11-25(20(27)19(23)26)17-7-3-4-8-17/h2,5-6,9,14,17H,3-4,7-8,10-13H2,1H3. The Bertz CT molecular complexity index is 859. The van der Waals surface area contributed by atoms with Crippen LogP contribution in [0.4, 0.5) is 0 Å². The van der Waals surface area contributed by atoms with Crippen LogP contribution in [0.2, 0.25) is 0 Å². The molecule has 148 valence electrons. The Morgan fingerprint density at radius 2 is 1.86 bits per heavy atom. The van der Waals surface area contributed by atoms with Crippen LogP contribution in [0.5, 0.6) is 5.75 Å². The van der Waals surface area contributed by atoms with Crippen molar-refractivity contribution < 1.29 is 14.3 Å². The molecule has 0 N–H and O–H groups in total. The molecule has 0 radical (unpaired) electrons. The molecule has 2 fully saturated rings. The number of amides is 2. The Morgan fingerprint density at radius 3 is 2.64 bits per heavy atom. The number of benzene rings is 1. The minimum Gasteiger partial charge on any atom is -0.496 e. The zero-order valence-electron chi connectivity index (χ0n) is 16.1. The molecule has 0 atom stereocenters. The van der Waals surface area contributed by atoms with E-state index in [1.54, 1.807) is 21.6 Å². The lowest BCUT2D eigenvalue weighted by Crippen LogP contribution is -2.56. The van der Waals surface area contributed by atoms with Gasteiger partial charge in [-0.3, -0.25) is 9.59 Å². The molecule has 1 aromatic carbocycles. The molecule has 2 aliphatic rings. The monoisotopic (exact) mass is 383 g/mol. The second-order valence-corrected chi connectivity index (χ2v) is 7.38. The van der Waals surface area contributed by atoms with Crippen molar-refractivity contribution in [2.24, 2.45) is 0 Å². The number of piperazine rings is 1. The highest BCUT2D eigenvalue weighted by atomic mass is 16.5. The van der Waals surface area contributed by atoms with Crippen molar-refractivity contribution >= 4 is 11.8 Å². The number of methoxy groups -OCH3 is 1. The van der Waals surface area contributed by atoms with E-state index in [0.717, 1.165) is 37.0 Å². The van der Waals surface area contributed by atoms with Crippen molar-refractivity contribution in [1.82, 2.24) is 24.8 Å². The van der Waals surface area contributed by atoms with Gasteiger partial charge in [0.2, 0.25) is 0 Å². The van der Waals surface area contributed by atoms with E-state index in [2.05, 4.69) is 10.3 Å².